The summed E-state index contributed by atoms with van der Waals surface area (Å²) in [6.07, 6.45) is 1.83. The molecule has 1 N–H and O–H groups in total. The van der Waals surface area contributed by atoms with E-state index in [9.17, 15) is 14.4 Å². The number of esters is 1. The molecule has 4 rings (SSSR count). The van der Waals surface area contributed by atoms with Gasteiger partial charge in [0.05, 0.1) is 12.9 Å². The summed E-state index contributed by atoms with van der Waals surface area (Å²) in [5.74, 6) is 0.699. The van der Waals surface area contributed by atoms with Crippen molar-refractivity contribution < 1.29 is 23.9 Å². The molecule has 2 aliphatic rings. The van der Waals surface area contributed by atoms with Crippen LogP contribution in [0.3, 0.4) is 0 Å². The van der Waals surface area contributed by atoms with Crippen LogP contribution in [0.2, 0.25) is 0 Å². The highest BCUT2D eigenvalue weighted by Gasteiger charge is 2.54. The van der Waals surface area contributed by atoms with Crippen molar-refractivity contribution in [2.24, 2.45) is 0 Å². The van der Waals surface area contributed by atoms with Gasteiger partial charge in [-0.3, -0.25) is 14.5 Å². The molecule has 2 amide bonds. The first-order valence-electron chi connectivity index (χ1n) is 11.0. The molecule has 1 saturated heterocycles. The molecule has 0 saturated carbocycles. The highest BCUT2D eigenvalue weighted by atomic mass is 35.5. The number of halogens is 1. The molecule has 2 atom stereocenters. The fraction of sp³-hybridized carbons (Fsp3) is 0.320. The summed E-state index contributed by atoms with van der Waals surface area (Å²) >= 11 is 10.4. The number of carbonyl (C=O) groups is 3. The van der Waals surface area contributed by atoms with Gasteiger partial charge in [0.25, 0.3) is 5.91 Å². The largest absolute Gasteiger partial charge is 0.497 e. The Balaban J connectivity index is 1.58. The minimum Gasteiger partial charge on any atom is -0.497 e. The van der Waals surface area contributed by atoms with Gasteiger partial charge in [-0.25, -0.2) is 4.79 Å². The molecule has 2 heterocycles. The lowest BCUT2D eigenvalue weighted by molar-refractivity contribution is -0.153. The third kappa shape index (κ3) is 5.82. The fourth-order valence-electron chi connectivity index (χ4n) is 3.79. The van der Waals surface area contributed by atoms with Crippen LogP contribution >= 0.6 is 46.9 Å². The number of ether oxygens (including phenoxy) is 2. The second-order valence-corrected chi connectivity index (χ2v) is 11.3. The Bertz CT molecular complexity index is 1170. The third-order valence-electron chi connectivity index (χ3n) is 5.60. The maximum atomic E-state index is 13.4. The average Bonchev–Trinajstić information content (AvgIpc) is 2.90. The van der Waals surface area contributed by atoms with E-state index in [0.717, 1.165) is 20.9 Å². The van der Waals surface area contributed by atoms with Crippen molar-refractivity contribution in [1.82, 2.24) is 10.2 Å². The number of thioether (sulfide) groups is 3. The molecule has 0 radical (unpaired) electrons. The van der Waals surface area contributed by atoms with Crippen LogP contribution in [0.15, 0.2) is 64.0 Å². The summed E-state index contributed by atoms with van der Waals surface area (Å²) in [5.41, 5.74) is 1.96. The van der Waals surface area contributed by atoms with Crippen LogP contribution in [-0.4, -0.2) is 59.0 Å². The summed E-state index contributed by atoms with van der Waals surface area (Å²) in [6, 6.07) is 14.2. The lowest BCUT2D eigenvalue weighted by atomic mass is 10.1. The third-order valence-corrected chi connectivity index (χ3v) is 9.10. The molecule has 0 unspecified atom stereocenters. The minimum absolute atomic E-state index is 0.0519. The van der Waals surface area contributed by atoms with Gasteiger partial charge in [-0.2, -0.15) is 11.8 Å². The van der Waals surface area contributed by atoms with Crippen molar-refractivity contribution in [2.75, 3.05) is 24.9 Å². The second kappa shape index (κ2) is 12.3. The lowest BCUT2D eigenvalue weighted by Gasteiger charge is -2.49. The van der Waals surface area contributed by atoms with Crippen LogP contribution in [0.25, 0.3) is 0 Å². The van der Waals surface area contributed by atoms with Crippen LogP contribution in [0.4, 0.5) is 0 Å². The number of amides is 2. The number of nitrogens with zero attached hydrogens (tertiary/aromatic N) is 1. The Morgan fingerprint density at radius 2 is 1.94 bits per heavy atom. The Labute approximate surface area is 227 Å². The number of rotatable bonds is 10. The molecule has 36 heavy (non-hydrogen) atoms. The predicted octanol–water partition coefficient (Wildman–Crippen LogP) is 4.24. The van der Waals surface area contributed by atoms with Gasteiger partial charge >= 0.3 is 5.97 Å². The number of carbonyl (C=O) groups excluding carboxylic acids is 3. The van der Waals surface area contributed by atoms with E-state index in [1.165, 1.54) is 40.2 Å². The Kier molecular flexibility index (Phi) is 9.16. The number of β-lactam (4-membered cyclic amide) rings is 1. The number of hydrogen-bond acceptors (Lipinski definition) is 8. The zero-order valence-electron chi connectivity index (χ0n) is 19.7. The molecule has 2 aromatic carbocycles. The van der Waals surface area contributed by atoms with Crippen LogP contribution in [-0.2, 0) is 31.6 Å². The number of fused-ring (bicyclic) bond motifs is 1. The highest BCUT2D eigenvalue weighted by Crippen LogP contribution is 2.46. The number of hydrogen-bond donors (Lipinski definition) is 1. The lowest BCUT2D eigenvalue weighted by Crippen LogP contribution is -2.70. The number of alkyl halides is 1. The van der Waals surface area contributed by atoms with Gasteiger partial charge in [-0.05, 0) is 35.6 Å². The summed E-state index contributed by atoms with van der Waals surface area (Å²) < 4.78 is 10.8. The summed E-state index contributed by atoms with van der Waals surface area (Å²) in [6.45, 7) is 0.0519. The Morgan fingerprint density at radius 1 is 1.19 bits per heavy atom. The maximum Gasteiger partial charge on any atom is 0.356 e. The second-order valence-electron chi connectivity index (χ2n) is 7.93. The molecular formula is C25H25ClN2O5S3. The van der Waals surface area contributed by atoms with Gasteiger partial charge in [0, 0.05) is 21.4 Å². The van der Waals surface area contributed by atoms with E-state index >= 15 is 0 Å². The van der Waals surface area contributed by atoms with Crippen molar-refractivity contribution in [3.8, 4) is 5.75 Å². The van der Waals surface area contributed by atoms with Crippen molar-refractivity contribution in [3.63, 3.8) is 0 Å². The topological polar surface area (TPSA) is 84.9 Å². The number of methoxy groups -OCH3 is 1. The van der Waals surface area contributed by atoms with E-state index in [0.29, 0.717) is 17.4 Å². The predicted molar refractivity (Wildman–Crippen MR) is 145 cm³/mol. The fourth-order valence-corrected chi connectivity index (χ4v) is 7.04. The molecule has 0 aromatic heterocycles. The molecular weight excluding hydrogens is 540 g/mol. The van der Waals surface area contributed by atoms with Crippen LogP contribution in [0, 0.1) is 0 Å². The number of benzene rings is 2. The van der Waals surface area contributed by atoms with Crippen molar-refractivity contribution >= 4 is 64.7 Å². The Hall–Kier alpha value is -2.27. The first kappa shape index (κ1) is 26.8. The van der Waals surface area contributed by atoms with Gasteiger partial charge < -0.3 is 14.8 Å². The molecule has 0 aliphatic carbocycles. The van der Waals surface area contributed by atoms with E-state index in [2.05, 4.69) is 5.32 Å². The minimum atomic E-state index is -0.666. The Morgan fingerprint density at radius 3 is 2.64 bits per heavy atom. The van der Waals surface area contributed by atoms with Crippen LogP contribution in [0.1, 0.15) is 11.1 Å². The molecule has 1 fully saturated rings. The van der Waals surface area contributed by atoms with Gasteiger partial charge in [-0.15, -0.1) is 23.4 Å². The smallest absolute Gasteiger partial charge is 0.356 e. The van der Waals surface area contributed by atoms with Gasteiger partial charge in [-0.1, -0.05) is 42.1 Å². The van der Waals surface area contributed by atoms with E-state index in [4.69, 9.17) is 21.1 Å². The molecule has 7 nitrogen and oxygen atoms in total. The van der Waals surface area contributed by atoms with Crippen molar-refractivity contribution in [1.29, 1.82) is 0 Å². The summed E-state index contributed by atoms with van der Waals surface area (Å²) in [5, 5.41) is 2.43. The van der Waals surface area contributed by atoms with Gasteiger partial charge in [0.1, 0.15) is 29.5 Å². The molecule has 0 spiro atoms. The normalized spacial score (nSPS) is 18.9. The molecule has 2 aromatic rings. The van der Waals surface area contributed by atoms with Gasteiger partial charge in [0.15, 0.2) is 0 Å². The monoisotopic (exact) mass is 564 g/mol. The molecule has 2 aliphatic heterocycles. The van der Waals surface area contributed by atoms with E-state index in [-0.39, 0.29) is 35.2 Å². The zero-order valence-corrected chi connectivity index (χ0v) is 22.9. The van der Waals surface area contributed by atoms with Crippen molar-refractivity contribution in [2.45, 2.75) is 28.8 Å². The zero-order chi connectivity index (χ0) is 25.7. The standard InChI is InChI=1S/C25H25ClN2O5S3/c1-32-17-9-7-15(8-10-17)12-33-25(31)22-19(36-18-6-4-3-5-16(18)11-26)13-35-24-21(23(30)28(22)24)27-20(29)14-34-2/h3-10,21,24H,11-14H2,1-2H3,(H,27,29)/t21-,24-/m1/s1. The quantitative estimate of drug-likeness (QED) is 0.260. The maximum absolute atomic E-state index is 13.4. The van der Waals surface area contributed by atoms with Crippen LogP contribution in [0.5, 0.6) is 5.75 Å². The summed E-state index contributed by atoms with van der Waals surface area (Å²) in [4.78, 5) is 41.7. The molecule has 0 bridgehead atoms. The first-order chi connectivity index (χ1) is 17.5. The molecule has 11 heteroatoms. The van der Waals surface area contributed by atoms with E-state index < -0.39 is 12.0 Å². The highest BCUT2D eigenvalue weighted by molar-refractivity contribution is 8.06. The van der Waals surface area contributed by atoms with Crippen LogP contribution < -0.4 is 10.1 Å². The average molecular weight is 565 g/mol. The van der Waals surface area contributed by atoms with E-state index in [1.54, 1.807) is 19.2 Å². The first-order valence-corrected chi connectivity index (χ1v) is 14.8. The summed E-state index contributed by atoms with van der Waals surface area (Å²) in [7, 11) is 1.58. The van der Waals surface area contributed by atoms with Crippen molar-refractivity contribution in [3.05, 3.63) is 70.3 Å². The molecule has 190 valence electrons. The number of nitrogens with one attached hydrogen (secondary N) is 1. The van der Waals surface area contributed by atoms with E-state index in [1.807, 2.05) is 42.7 Å². The SMILES string of the molecule is COc1ccc(COC(=O)C2=C(Sc3ccccc3CCl)CS[C@@H]3[C@H](NC(=O)CSC)C(=O)N23)cc1. The van der Waals surface area contributed by atoms with Gasteiger partial charge in [0.2, 0.25) is 5.91 Å².